The van der Waals surface area contributed by atoms with Crippen molar-refractivity contribution in [1.29, 1.82) is 0 Å². The van der Waals surface area contributed by atoms with Crippen LogP contribution in [0.3, 0.4) is 0 Å². The van der Waals surface area contributed by atoms with Crippen LogP contribution in [0, 0.1) is 12.3 Å². The fourth-order valence-corrected chi connectivity index (χ4v) is 5.72. The van der Waals surface area contributed by atoms with E-state index < -0.39 is 17.5 Å². The molecule has 3 amide bonds. The van der Waals surface area contributed by atoms with Gasteiger partial charge in [0.2, 0.25) is 17.7 Å². The maximum absolute atomic E-state index is 13.7. The highest BCUT2D eigenvalue weighted by molar-refractivity contribution is 7.13. The molecule has 214 valence electrons. The molecule has 3 rings (SSSR count). The van der Waals surface area contributed by atoms with E-state index in [4.69, 9.17) is 5.73 Å². The zero-order valence-electron chi connectivity index (χ0n) is 24.1. The molecule has 0 spiro atoms. The van der Waals surface area contributed by atoms with Crippen molar-refractivity contribution in [2.75, 3.05) is 33.2 Å². The predicted molar refractivity (Wildman–Crippen MR) is 156 cm³/mol. The van der Waals surface area contributed by atoms with Crippen LogP contribution < -0.4 is 16.4 Å². The lowest BCUT2D eigenvalue weighted by atomic mass is 9.85. The molecule has 3 atom stereocenters. The van der Waals surface area contributed by atoms with E-state index in [1.54, 1.807) is 16.2 Å². The third kappa shape index (κ3) is 8.09. The Morgan fingerprint density at radius 1 is 1.21 bits per heavy atom. The lowest BCUT2D eigenvalue weighted by Gasteiger charge is -2.36. The van der Waals surface area contributed by atoms with E-state index in [2.05, 4.69) is 15.6 Å². The van der Waals surface area contributed by atoms with Crippen LogP contribution in [0.5, 0.6) is 0 Å². The monoisotopic (exact) mass is 556 g/mol. The van der Waals surface area contributed by atoms with Gasteiger partial charge in [0.1, 0.15) is 12.1 Å². The van der Waals surface area contributed by atoms with Crippen LogP contribution in [-0.4, -0.2) is 77.8 Å². The molecule has 0 bridgehead atoms. The second-order valence-electron chi connectivity index (χ2n) is 11.6. The average molecular weight is 557 g/mol. The summed E-state index contributed by atoms with van der Waals surface area (Å²) >= 11 is 1.61. The van der Waals surface area contributed by atoms with E-state index in [0.717, 1.165) is 34.5 Å². The van der Waals surface area contributed by atoms with E-state index in [1.165, 1.54) is 0 Å². The van der Waals surface area contributed by atoms with Crippen LogP contribution in [0.1, 0.15) is 64.3 Å². The number of carbonyl (C=O) groups excluding carboxylic acids is 3. The minimum Gasteiger partial charge on any atom is -0.348 e. The molecule has 39 heavy (non-hydrogen) atoms. The number of hydrogen-bond donors (Lipinski definition) is 3. The van der Waals surface area contributed by atoms with Crippen molar-refractivity contribution in [2.24, 2.45) is 11.1 Å². The fraction of sp³-hybridized carbons (Fsp3) is 0.586. The zero-order valence-corrected chi connectivity index (χ0v) is 24.9. The van der Waals surface area contributed by atoms with Crippen molar-refractivity contribution >= 4 is 29.1 Å². The molecular weight excluding hydrogens is 512 g/mol. The smallest absolute Gasteiger partial charge is 0.246 e. The number of aryl methyl sites for hydroxylation is 1. The summed E-state index contributed by atoms with van der Waals surface area (Å²) in [4.78, 5) is 48.9. The zero-order chi connectivity index (χ0) is 28.7. The lowest BCUT2D eigenvalue weighted by molar-refractivity contribution is -0.144. The Bertz CT molecular complexity index is 1130. The van der Waals surface area contributed by atoms with Gasteiger partial charge in [-0.2, -0.15) is 0 Å². The molecule has 9 nitrogen and oxygen atoms in total. The van der Waals surface area contributed by atoms with E-state index in [9.17, 15) is 14.4 Å². The molecule has 1 fully saturated rings. The maximum Gasteiger partial charge on any atom is 0.246 e. The first-order chi connectivity index (χ1) is 18.4. The quantitative estimate of drug-likeness (QED) is 0.391. The Morgan fingerprint density at radius 2 is 1.90 bits per heavy atom. The van der Waals surface area contributed by atoms with Gasteiger partial charge in [0.15, 0.2) is 0 Å². The van der Waals surface area contributed by atoms with Gasteiger partial charge in [-0.25, -0.2) is 4.98 Å². The van der Waals surface area contributed by atoms with Crippen LogP contribution in [0.25, 0.3) is 10.4 Å². The minimum absolute atomic E-state index is 0.170. The molecule has 1 aliphatic rings. The van der Waals surface area contributed by atoms with Crippen LogP contribution in [-0.2, 0) is 14.4 Å². The number of hydrogen-bond acceptors (Lipinski definition) is 7. The van der Waals surface area contributed by atoms with Crippen molar-refractivity contribution in [3.63, 3.8) is 0 Å². The summed E-state index contributed by atoms with van der Waals surface area (Å²) < 4.78 is 0. The highest BCUT2D eigenvalue weighted by atomic mass is 32.1. The molecule has 0 radical (unpaired) electrons. The number of amides is 3. The number of likely N-dealkylation sites (tertiary alicyclic amines) is 1. The predicted octanol–water partition coefficient (Wildman–Crippen LogP) is 3.10. The van der Waals surface area contributed by atoms with Gasteiger partial charge in [0.05, 0.1) is 28.7 Å². The Labute approximate surface area is 236 Å². The summed E-state index contributed by atoms with van der Waals surface area (Å²) in [5.41, 5.74) is 9.99. The summed E-state index contributed by atoms with van der Waals surface area (Å²) in [6, 6.07) is 6.63. The largest absolute Gasteiger partial charge is 0.348 e. The molecule has 2 heterocycles. The number of aromatic nitrogens is 1. The number of carbonyl (C=O) groups is 3. The Kier molecular flexibility index (Phi) is 10.6. The second kappa shape index (κ2) is 13.5. The Morgan fingerprint density at radius 3 is 2.49 bits per heavy atom. The van der Waals surface area contributed by atoms with Gasteiger partial charge in [-0.05, 0) is 69.8 Å². The number of benzene rings is 1. The molecule has 2 aromatic rings. The SMILES string of the molecule is Cc1ncsc1-c1ccc([C@H](C)NC(=O)[C@@H]2CCCN2C(=O)[C@@H](NC(=O)CN(C)CCCN)C(C)(C)C)cc1. The Balaban J connectivity index is 1.65. The van der Waals surface area contributed by atoms with Gasteiger partial charge in [-0.1, -0.05) is 45.0 Å². The maximum atomic E-state index is 13.7. The van der Waals surface area contributed by atoms with E-state index in [0.29, 0.717) is 26.1 Å². The van der Waals surface area contributed by atoms with E-state index in [-0.39, 0.29) is 30.3 Å². The fourth-order valence-electron chi connectivity index (χ4n) is 4.90. The molecular formula is C29H44N6O3S. The van der Waals surface area contributed by atoms with Gasteiger partial charge in [0.25, 0.3) is 0 Å². The van der Waals surface area contributed by atoms with Crippen LogP contribution in [0.2, 0.25) is 0 Å². The molecule has 10 heteroatoms. The molecule has 0 saturated carbocycles. The lowest BCUT2D eigenvalue weighted by Crippen LogP contribution is -2.58. The number of thiazole rings is 1. The first-order valence-electron chi connectivity index (χ1n) is 13.7. The van der Waals surface area contributed by atoms with Gasteiger partial charge in [0, 0.05) is 6.54 Å². The highest BCUT2D eigenvalue weighted by Crippen LogP contribution is 2.29. The number of nitrogens with one attached hydrogen (secondary N) is 2. The topological polar surface area (TPSA) is 121 Å². The highest BCUT2D eigenvalue weighted by Gasteiger charge is 2.42. The molecule has 1 aromatic heterocycles. The third-order valence-electron chi connectivity index (χ3n) is 7.19. The second-order valence-corrected chi connectivity index (χ2v) is 12.4. The van der Waals surface area contributed by atoms with Gasteiger partial charge in [-0.3, -0.25) is 19.3 Å². The average Bonchev–Trinajstić information content (AvgIpc) is 3.54. The Hall–Kier alpha value is -2.82. The first-order valence-corrected chi connectivity index (χ1v) is 14.6. The molecule has 0 aliphatic carbocycles. The molecule has 1 saturated heterocycles. The van der Waals surface area contributed by atoms with Crippen LogP contribution >= 0.6 is 11.3 Å². The van der Waals surface area contributed by atoms with Gasteiger partial charge < -0.3 is 21.3 Å². The number of nitrogens with two attached hydrogens (primary N) is 1. The first kappa shape index (κ1) is 30.7. The van der Waals surface area contributed by atoms with E-state index in [1.807, 2.05) is 76.3 Å². The van der Waals surface area contributed by atoms with E-state index >= 15 is 0 Å². The standard InChI is InChI=1S/C29H44N6O3S/c1-19(21-10-12-22(13-11-21)25-20(2)31-18-39-25)32-27(37)23-9-7-16-35(23)28(38)26(29(3,4)5)33-24(36)17-34(6)15-8-14-30/h10-13,18-19,23,26H,7-9,14-17,30H2,1-6H3,(H,32,37)(H,33,36)/t19-,23-,26+/m0/s1. The van der Waals surface area contributed by atoms with Crippen molar-refractivity contribution in [3.05, 3.63) is 41.0 Å². The molecule has 1 aromatic carbocycles. The van der Waals surface area contributed by atoms with Crippen molar-refractivity contribution in [3.8, 4) is 10.4 Å². The van der Waals surface area contributed by atoms with Crippen LogP contribution in [0.15, 0.2) is 29.8 Å². The molecule has 1 aliphatic heterocycles. The molecule has 4 N–H and O–H groups in total. The normalized spacial score (nSPS) is 17.2. The summed E-state index contributed by atoms with van der Waals surface area (Å²) in [5, 5.41) is 6.06. The third-order valence-corrected chi connectivity index (χ3v) is 8.17. The minimum atomic E-state index is -0.735. The molecule has 0 unspecified atom stereocenters. The van der Waals surface area contributed by atoms with Gasteiger partial charge >= 0.3 is 0 Å². The van der Waals surface area contributed by atoms with Crippen LogP contribution in [0.4, 0.5) is 0 Å². The van der Waals surface area contributed by atoms with Crippen molar-refractivity contribution < 1.29 is 14.4 Å². The number of nitrogens with zero attached hydrogens (tertiary/aromatic N) is 3. The van der Waals surface area contributed by atoms with Crippen molar-refractivity contribution in [1.82, 2.24) is 25.4 Å². The summed E-state index contributed by atoms with van der Waals surface area (Å²) in [6.45, 7) is 11.7. The number of rotatable bonds is 11. The summed E-state index contributed by atoms with van der Waals surface area (Å²) in [7, 11) is 1.86. The summed E-state index contributed by atoms with van der Waals surface area (Å²) in [5.74, 6) is -0.597. The summed E-state index contributed by atoms with van der Waals surface area (Å²) in [6.07, 6.45) is 2.14. The van der Waals surface area contributed by atoms with Crippen molar-refractivity contribution in [2.45, 2.75) is 72.0 Å². The number of likely N-dealkylation sites (N-methyl/N-ethyl adjacent to an activating group) is 1. The van der Waals surface area contributed by atoms with Gasteiger partial charge in [-0.15, -0.1) is 11.3 Å².